The van der Waals surface area contributed by atoms with E-state index in [0.717, 1.165) is 40.3 Å². The van der Waals surface area contributed by atoms with Crippen molar-refractivity contribution < 1.29 is 4.74 Å². The van der Waals surface area contributed by atoms with Crippen molar-refractivity contribution in [3.8, 4) is 39.6 Å². The van der Waals surface area contributed by atoms with Gasteiger partial charge in [-0.1, -0.05) is 170 Å². The minimum absolute atomic E-state index is 0.0644. The zero-order valence-electron chi connectivity index (χ0n) is 33.2. The van der Waals surface area contributed by atoms with Crippen molar-refractivity contribution in [3.63, 3.8) is 0 Å². The van der Waals surface area contributed by atoms with Crippen molar-refractivity contribution in [1.29, 1.82) is 0 Å². The highest BCUT2D eigenvalue weighted by Crippen LogP contribution is 2.62. The Bertz CT molecular complexity index is 3380. The van der Waals surface area contributed by atoms with Gasteiger partial charge < -0.3 is 9.30 Å². The second-order valence-corrected chi connectivity index (χ2v) is 16.5. The summed E-state index contributed by atoms with van der Waals surface area (Å²) in [6.45, 7) is 0. The predicted molar refractivity (Wildman–Crippen MR) is 245 cm³/mol. The summed E-state index contributed by atoms with van der Waals surface area (Å²) in [5.41, 5.74) is 12.6. The van der Waals surface area contributed by atoms with Gasteiger partial charge in [-0.15, -0.1) is 0 Å². The molecule has 2 unspecified atom stereocenters. The molecule has 2 aromatic heterocycles. The highest BCUT2D eigenvalue weighted by Gasteiger charge is 2.54. The van der Waals surface area contributed by atoms with Crippen LogP contribution in [-0.4, -0.2) is 25.6 Å². The third-order valence-electron chi connectivity index (χ3n) is 13.3. The van der Waals surface area contributed by atoms with Crippen molar-refractivity contribution in [3.05, 3.63) is 228 Å². The molecule has 3 heterocycles. The van der Waals surface area contributed by atoms with E-state index in [4.69, 9.17) is 19.7 Å². The van der Waals surface area contributed by atoms with E-state index >= 15 is 0 Å². The number of benzene rings is 7. The molecule has 288 valence electrons. The third-order valence-corrected chi connectivity index (χ3v) is 13.3. The molecule has 7 aromatic carbocycles. The topological polar surface area (TPSA) is 52.8 Å². The van der Waals surface area contributed by atoms with Crippen LogP contribution in [0.2, 0.25) is 0 Å². The average molecular weight is 783 g/mol. The lowest BCUT2D eigenvalue weighted by molar-refractivity contribution is 0.109. The normalized spacial score (nSPS) is 18.2. The molecule has 0 bridgehead atoms. The maximum Gasteiger partial charge on any atom is 0.163 e. The number of rotatable bonds is 4. The van der Waals surface area contributed by atoms with E-state index in [1.165, 1.54) is 60.5 Å². The van der Waals surface area contributed by atoms with Gasteiger partial charge in [0.25, 0.3) is 0 Å². The maximum absolute atomic E-state index is 7.08. The van der Waals surface area contributed by atoms with Crippen LogP contribution >= 0.6 is 0 Å². The summed E-state index contributed by atoms with van der Waals surface area (Å²) in [5.74, 6) is 2.93. The summed E-state index contributed by atoms with van der Waals surface area (Å²) in [6, 6.07) is 58.6. The van der Waals surface area contributed by atoms with Crippen LogP contribution in [0.4, 0.5) is 0 Å². The summed E-state index contributed by atoms with van der Waals surface area (Å²) < 4.78 is 9.45. The largest absolute Gasteiger partial charge is 0.490 e. The molecule has 0 amide bonds. The van der Waals surface area contributed by atoms with Crippen molar-refractivity contribution in [2.45, 2.75) is 30.3 Å². The molecule has 3 aliphatic carbocycles. The van der Waals surface area contributed by atoms with E-state index in [1.807, 2.05) is 18.2 Å². The van der Waals surface area contributed by atoms with Gasteiger partial charge in [0.1, 0.15) is 17.7 Å². The Labute approximate surface area is 353 Å². The monoisotopic (exact) mass is 782 g/mol. The van der Waals surface area contributed by atoms with Gasteiger partial charge in [0.2, 0.25) is 0 Å². The summed E-state index contributed by atoms with van der Waals surface area (Å²) in [6.07, 6.45) is 12.8. The molecule has 9 aromatic rings. The molecule has 0 saturated heterocycles. The fraction of sp³-hybridized carbons (Fsp3) is 0.0893. The lowest BCUT2D eigenvalue weighted by Crippen LogP contribution is -2.42. The second-order valence-electron chi connectivity index (χ2n) is 16.5. The quantitative estimate of drug-likeness (QED) is 0.178. The van der Waals surface area contributed by atoms with E-state index < -0.39 is 5.41 Å². The van der Waals surface area contributed by atoms with E-state index in [0.29, 0.717) is 18.1 Å². The van der Waals surface area contributed by atoms with E-state index in [1.54, 1.807) is 0 Å². The minimum atomic E-state index is -0.434. The number of hydrogen-bond acceptors (Lipinski definition) is 4. The van der Waals surface area contributed by atoms with E-state index in [2.05, 4.69) is 181 Å². The summed E-state index contributed by atoms with van der Waals surface area (Å²) in [7, 11) is 0. The second kappa shape index (κ2) is 13.2. The fourth-order valence-corrected chi connectivity index (χ4v) is 10.8. The molecule has 2 atom stereocenters. The van der Waals surface area contributed by atoms with Crippen LogP contribution in [0.15, 0.2) is 211 Å². The van der Waals surface area contributed by atoms with Crippen LogP contribution in [0.1, 0.15) is 35.7 Å². The Morgan fingerprint density at radius 3 is 2.15 bits per heavy atom. The molecule has 0 N–H and O–H groups in total. The smallest absolute Gasteiger partial charge is 0.163 e. The lowest BCUT2D eigenvalue weighted by Gasteiger charge is -2.47. The Kier molecular flexibility index (Phi) is 7.41. The first-order chi connectivity index (χ1) is 30.2. The molecular formula is C56H38N4O. The van der Waals surface area contributed by atoms with Gasteiger partial charge in [0.15, 0.2) is 11.6 Å². The summed E-state index contributed by atoms with van der Waals surface area (Å²) in [5, 5.41) is 4.97. The standard InChI is InChI=1S/C56H38N4O/c1-2-16-36(17-3-1)53-57-54(37-18-14-19-39(33-37)60-48-27-12-8-23-43(48)52-40-20-5-4-15-35(40)30-32-49(52)60)59-55(58-53)38-29-31-47-51(34-38)61-50-28-13-11-26-46(50)56(47)44-24-9-6-21-41(44)42-22-7-10-25-45(42)56/h1-27,29-33,38,50H,28,34H2. The molecule has 5 heteroatoms. The highest BCUT2D eigenvalue weighted by molar-refractivity contribution is 6.21. The number of ether oxygens (including phenoxy) is 1. The Balaban J connectivity index is 0.955. The number of fused-ring (bicyclic) bond motifs is 13. The van der Waals surface area contributed by atoms with Crippen LogP contribution in [0.25, 0.3) is 72.2 Å². The molecule has 13 rings (SSSR count). The van der Waals surface area contributed by atoms with Gasteiger partial charge in [-0.2, -0.15) is 0 Å². The van der Waals surface area contributed by atoms with Gasteiger partial charge in [-0.05, 0) is 62.9 Å². The number of aromatic nitrogens is 4. The van der Waals surface area contributed by atoms with Gasteiger partial charge in [0, 0.05) is 51.9 Å². The Morgan fingerprint density at radius 1 is 0.607 bits per heavy atom. The third kappa shape index (κ3) is 4.98. The molecule has 1 spiro atoms. The number of para-hydroxylation sites is 1. The zero-order chi connectivity index (χ0) is 40.1. The number of hydrogen-bond donors (Lipinski definition) is 0. The molecule has 0 fully saturated rings. The first-order valence-corrected chi connectivity index (χ1v) is 21.2. The van der Waals surface area contributed by atoms with Crippen LogP contribution in [0.5, 0.6) is 0 Å². The van der Waals surface area contributed by atoms with E-state index in [-0.39, 0.29) is 12.0 Å². The molecule has 0 saturated carbocycles. The van der Waals surface area contributed by atoms with Gasteiger partial charge in [-0.3, -0.25) is 0 Å². The van der Waals surface area contributed by atoms with Crippen LogP contribution < -0.4 is 0 Å². The summed E-state index contributed by atoms with van der Waals surface area (Å²) in [4.78, 5) is 15.8. The van der Waals surface area contributed by atoms with Crippen molar-refractivity contribution in [2.24, 2.45) is 0 Å². The Morgan fingerprint density at radius 2 is 1.31 bits per heavy atom. The van der Waals surface area contributed by atoms with Gasteiger partial charge in [-0.25, -0.2) is 15.0 Å². The maximum atomic E-state index is 7.08. The highest BCUT2D eigenvalue weighted by atomic mass is 16.5. The van der Waals surface area contributed by atoms with Crippen LogP contribution in [0.3, 0.4) is 0 Å². The van der Waals surface area contributed by atoms with Crippen LogP contribution in [-0.2, 0) is 10.2 Å². The molecule has 4 aliphatic rings. The average Bonchev–Trinajstić information content (AvgIpc) is 3.83. The van der Waals surface area contributed by atoms with Crippen molar-refractivity contribution in [1.82, 2.24) is 19.5 Å². The molecule has 0 radical (unpaired) electrons. The number of nitrogens with zero attached hydrogens (tertiary/aromatic N) is 4. The predicted octanol–water partition coefficient (Wildman–Crippen LogP) is 13.0. The van der Waals surface area contributed by atoms with Crippen molar-refractivity contribution in [2.75, 3.05) is 0 Å². The zero-order valence-corrected chi connectivity index (χ0v) is 33.2. The Hall–Kier alpha value is -7.63. The van der Waals surface area contributed by atoms with Crippen molar-refractivity contribution >= 4 is 32.6 Å². The summed E-state index contributed by atoms with van der Waals surface area (Å²) >= 11 is 0. The number of allylic oxidation sites excluding steroid dienone is 6. The van der Waals surface area contributed by atoms with E-state index in [9.17, 15) is 0 Å². The fourth-order valence-electron chi connectivity index (χ4n) is 10.8. The van der Waals surface area contributed by atoms with Gasteiger partial charge in [0.05, 0.1) is 16.4 Å². The first kappa shape index (κ1) is 34.3. The lowest BCUT2D eigenvalue weighted by atomic mass is 9.61. The molecule has 61 heavy (non-hydrogen) atoms. The molecular weight excluding hydrogens is 745 g/mol. The van der Waals surface area contributed by atoms with Crippen LogP contribution in [0, 0.1) is 0 Å². The SMILES string of the molecule is C1=CCC2OC3=C(C=CC(c4nc(-c5ccccc5)nc(-c5cccc(-n6c7ccccc7c7c8ccccc8ccc76)c5)n4)C3)C3(C2=C1)c1ccccc1-c1ccccc13. The first-order valence-electron chi connectivity index (χ1n) is 21.2. The molecule has 1 aliphatic heterocycles. The molecule has 5 nitrogen and oxygen atoms in total. The van der Waals surface area contributed by atoms with Gasteiger partial charge >= 0.3 is 0 Å². The minimum Gasteiger partial charge on any atom is -0.490 e.